The summed E-state index contributed by atoms with van der Waals surface area (Å²) in [4.78, 5) is 13.8. The molecule has 2 N–H and O–H groups in total. The van der Waals surface area contributed by atoms with Gasteiger partial charge in [0.2, 0.25) is 5.91 Å². The van der Waals surface area contributed by atoms with Crippen LogP contribution in [0.2, 0.25) is 0 Å². The van der Waals surface area contributed by atoms with E-state index in [4.69, 9.17) is 0 Å². The van der Waals surface area contributed by atoms with Crippen molar-refractivity contribution in [2.75, 3.05) is 33.2 Å². The SMILES string of the molecule is CNCC(=O)NCCCCN1CCCCC1C.Cl. The minimum Gasteiger partial charge on any atom is -0.355 e. The molecular weight excluding hydrogens is 250 g/mol. The predicted octanol–water partition coefficient (Wildman–Crippen LogP) is 1.40. The highest BCUT2D eigenvalue weighted by molar-refractivity contribution is 5.85. The molecule has 0 aromatic heterocycles. The topological polar surface area (TPSA) is 44.4 Å². The first kappa shape index (κ1) is 17.7. The van der Waals surface area contributed by atoms with E-state index in [0.29, 0.717) is 6.54 Å². The summed E-state index contributed by atoms with van der Waals surface area (Å²) in [6.45, 7) is 6.00. The number of hydrogen-bond donors (Lipinski definition) is 2. The van der Waals surface area contributed by atoms with E-state index >= 15 is 0 Å². The highest BCUT2D eigenvalue weighted by Crippen LogP contribution is 2.16. The molecule has 1 aliphatic heterocycles. The molecule has 1 heterocycles. The fraction of sp³-hybridized carbons (Fsp3) is 0.923. The van der Waals surface area contributed by atoms with Crippen LogP contribution in [0.15, 0.2) is 0 Å². The lowest BCUT2D eigenvalue weighted by molar-refractivity contribution is -0.120. The average molecular weight is 278 g/mol. The van der Waals surface area contributed by atoms with Gasteiger partial charge < -0.3 is 15.5 Å². The Labute approximate surface area is 117 Å². The standard InChI is InChI=1S/C13H27N3O.ClH/c1-12-7-3-5-9-16(12)10-6-4-8-15-13(17)11-14-2;/h12,14H,3-11H2,1-2H3,(H,15,17);1H. The van der Waals surface area contributed by atoms with Crippen LogP contribution in [-0.4, -0.2) is 50.1 Å². The number of amides is 1. The molecule has 1 aliphatic rings. The van der Waals surface area contributed by atoms with E-state index in [-0.39, 0.29) is 18.3 Å². The highest BCUT2D eigenvalue weighted by Gasteiger charge is 2.16. The lowest BCUT2D eigenvalue weighted by Crippen LogP contribution is -2.38. The van der Waals surface area contributed by atoms with Gasteiger partial charge in [-0.1, -0.05) is 6.42 Å². The number of nitrogens with one attached hydrogen (secondary N) is 2. The van der Waals surface area contributed by atoms with Crippen molar-refractivity contribution in [2.24, 2.45) is 0 Å². The van der Waals surface area contributed by atoms with Gasteiger partial charge in [-0.15, -0.1) is 12.4 Å². The van der Waals surface area contributed by atoms with E-state index in [0.717, 1.165) is 19.0 Å². The van der Waals surface area contributed by atoms with E-state index in [1.54, 1.807) is 7.05 Å². The Morgan fingerprint density at radius 3 is 2.78 bits per heavy atom. The highest BCUT2D eigenvalue weighted by atomic mass is 35.5. The van der Waals surface area contributed by atoms with Gasteiger partial charge in [0.1, 0.15) is 0 Å². The maximum absolute atomic E-state index is 11.2. The van der Waals surface area contributed by atoms with Crippen molar-refractivity contribution in [1.82, 2.24) is 15.5 Å². The Morgan fingerprint density at radius 2 is 2.11 bits per heavy atom. The lowest BCUT2D eigenvalue weighted by Gasteiger charge is -2.33. The summed E-state index contributed by atoms with van der Waals surface area (Å²) in [5, 5.41) is 5.76. The second kappa shape index (κ2) is 10.6. The van der Waals surface area contributed by atoms with Gasteiger partial charge >= 0.3 is 0 Å². The molecule has 1 rings (SSSR count). The number of halogens is 1. The van der Waals surface area contributed by atoms with Crippen molar-refractivity contribution in [2.45, 2.75) is 45.1 Å². The molecule has 0 aliphatic carbocycles. The van der Waals surface area contributed by atoms with Crippen molar-refractivity contribution >= 4 is 18.3 Å². The van der Waals surface area contributed by atoms with Crippen molar-refractivity contribution in [1.29, 1.82) is 0 Å². The van der Waals surface area contributed by atoms with E-state index in [2.05, 4.69) is 22.5 Å². The molecule has 0 bridgehead atoms. The molecule has 1 unspecified atom stereocenters. The number of nitrogens with zero attached hydrogens (tertiary/aromatic N) is 1. The third kappa shape index (κ3) is 7.19. The molecule has 0 aromatic rings. The second-order valence-electron chi connectivity index (χ2n) is 4.97. The first-order valence-electron chi connectivity index (χ1n) is 6.89. The Hall–Kier alpha value is -0.320. The molecule has 1 amide bonds. The fourth-order valence-corrected chi connectivity index (χ4v) is 2.38. The van der Waals surface area contributed by atoms with Gasteiger partial charge in [0, 0.05) is 12.6 Å². The number of likely N-dealkylation sites (tertiary alicyclic amines) is 1. The van der Waals surface area contributed by atoms with E-state index < -0.39 is 0 Å². The van der Waals surface area contributed by atoms with E-state index in [1.807, 2.05) is 0 Å². The van der Waals surface area contributed by atoms with Gasteiger partial charge in [-0.3, -0.25) is 4.79 Å². The second-order valence-corrected chi connectivity index (χ2v) is 4.97. The minimum absolute atomic E-state index is 0. The molecule has 108 valence electrons. The number of rotatable bonds is 7. The van der Waals surface area contributed by atoms with Gasteiger partial charge in [0.25, 0.3) is 0 Å². The van der Waals surface area contributed by atoms with Crippen molar-refractivity contribution in [3.63, 3.8) is 0 Å². The average Bonchev–Trinajstić information content (AvgIpc) is 2.31. The van der Waals surface area contributed by atoms with Crippen molar-refractivity contribution in [3.05, 3.63) is 0 Å². The number of piperidine rings is 1. The summed E-state index contributed by atoms with van der Waals surface area (Å²) in [6, 6.07) is 0.752. The fourth-order valence-electron chi connectivity index (χ4n) is 2.38. The molecule has 4 nitrogen and oxygen atoms in total. The summed E-state index contributed by atoms with van der Waals surface area (Å²) in [5.74, 6) is 0.0961. The smallest absolute Gasteiger partial charge is 0.233 e. The lowest BCUT2D eigenvalue weighted by atomic mass is 10.0. The third-order valence-electron chi connectivity index (χ3n) is 3.47. The van der Waals surface area contributed by atoms with Gasteiger partial charge in [-0.25, -0.2) is 0 Å². The van der Waals surface area contributed by atoms with Gasteiger partial charge in [0.05, 0.1) is 6.54 Å². The first-order chi connectivity index (χ1) is 8.24. The monoisotopic (exact) mass is 277 g/mol. The number of likely N-dealkylation sites (N-methyl/N-ethyl adjacent to an activating group) is 1. The van der Waals surface area contributed by atoms with Gasteiger partial charge in [0.15, 0.2) is 0 Å². The zero-order chi connectivity index (χ0) is 12.5. The zero-order valence-electron chi connectivity index (χ0n) is 11.7. The number of hydrogen-bond acceptors (Lipinski definition) is 3. The molecule has 0 saturated carbocycles. The predicted molar refractivity (Wildman–Crippen MR) is 78.3 cm³/mol. The van der Waals surface area contributed by atoms with Crippen LogP contribution < -0.4 is 10.6 Å². The number of carbonyl (C=O) groups excluding carboxylic acids is 1. The molecule has 5 heteroatoms. The third-order valence-corrected chi connectivity index (χ3v) is 3.47. The quantitative estimate of drug-likeness (QED) is 0.692. The molecule has 1 saturated heterocycles. The Bertz CT molecular complexity index is 226. The van der Waals surface area contributed by atoms with Crippen LogP contribution in [-0.2, 0) is 4.79 Å². The summed E-state index contributed by atoms with van der Waals surface area (Å²) in [6.07, 6.45) is 6.35. The summed E-state index contributed by atoms with van der Waals surface area (Å²) >= 11 is 0. The Kier molecular flexibility index (Phi) is 10.4. The zero-order valence-corrected chi connectivity index (χ0v) is 12.5. The van der Waals surface area contributed by atoms with Crippen LogP contribution in [0.4, 0.5) is 0 Å². The molecule has 0 spiro atoms. The number of carbonyl (C=O) groups is 1. The summed E-state index contributed by atoms with van der Waals surface area (Å²) in [7, 11) is 1.79. The maximum atomic E-state index is 11.2. The number of unbranched alkanes of at least 4 members (excludes halogenated alkanes) is 1. The molecular formula is C13H28ClN3O. The van der Waals surface area contributed by atoms with Crippen molar-refractivity contribution < 1.29 is 4.79 Å². The Morgan fingerprint density at radius 1 is 1.33 bits per heavy atom. The van der Waals surface area contributed by atoms with E-state index in [9.17, 15) is 4.79 Å². The summed E-state index contributed by atoms with van der Waals surface area (Å²) < 4.78 is 0. The van der Waals surface area contributed by atoms with Crippen LogP contribution in [0, 0.1) is 0 Å². The molecule has 0 radical (unpaired) electrons. The molecule has 18 heavy (non-hydrogen) atoms. The molecule has 1 fully saturated rings. The van der Waals surface area contributed by atoms with Crippen LogP contribution in [0.3, 0.4) is 0 Å². The van der Waals surface area contributed by atoms with Crippen LogP contribution in [0.1, 0.15) is 39.0 Å². The molecule has 0 aromatic carbocycles. The first-order valence-corrected chi connectivity index (χ1v) is 6.89. The van der Waals surface area contributed by atoms with Crippen molar-refractivity contribution in [3.8, 4) is 0 Å². The Balaban J connectivity index is 0.00000289. The van der Waals surface area contributed by atoms with Crippen LogP contribution in [0.25, 0.3) is 0 Å². The largest absolute Gasteiger partial charge is 0.355 e. The maximum Gasteiger partial charge on any atom is 0.233 e. The van der Waals surface area contributed by atoms with Gasteiger partial charge in [-0.2, -0.15) is 0 Å². The normalized spacial score (nSPS) is 20.2. The van der Waals surface area contributed by atoms with E-state index in [1.165, 1.54) is 38.8 Å². The molecule has 1 atom stereocenters. The summed E-state index contributed by atoms with van der Waals surface area (Å²) in [5.41, 5.74) is 0. The van der Waals surface area contributed by atoms with Crippen LogP contribution >= 0.6 is 12.4 Å². The van der Waals surface area contributed by atoms with Gasteiger partial charge in [-0.05, 0) is 52.7 Å². The van der Waals surface area contributed by atoms with Crippen LogP contribution in [0.5, 0.6) is 0 Å². The minimum atomic E-state index is 0.